The van der Waals surface area contributed by atoms with Gasteiger partial charge < -0.3 is 4.74 Å². The van der Waals surface area contributed by atoms with Gasteiger partial charge in [-0.1, -0.05) is 17.7 Å². The lowest BCUT2D eigenvalue weighted by molar-refractivity contribution is -0.384. The molecule has 0 saturated heterocycles. The van der Waals surface area contributed by atoms with E-state index in [4.69, 9.17) is 4.74 Å². The van der Waals surface area contributed by atoms with Crippen molar-refractivity contribution in [3.8, 4) is 5.75 Å². The summed E-state index contributed by atoms with van der Waals surface area (Å²) in [4.78, 5) is 40.1. The highest BCUT2D eigenvalue weighted by molar-refractivity contribution is 7.14. The van der Waals surface area contributed by atoms with Crippen LogP contribution >= 0.6 is 11.3 Å². The first kappa shape index (κ1) is 22.1. The van der Waals surface area contributed by atoms with Gasteiger partial charge in [0.15, 0.2) is 11.4 Å². The van der Waals surface area contributed by atoms with Gasteiger partial charge in [-0.2, -0.15) is 0 Å². The Hall–Kier alpha value is -3.59. The van der Waals surface area contributed by atoms with Crippen molar-refractivity contribution < 1.29 is 19.2 Å². The van der Waals surface area contributed by atoms with Crippen molar-refractivity contribution in [1.29, 1.82) is 0 Å². The maximum Gasteiger partial charge on any atom is 0.270 e. The molecule has 0 aliphatic rings. The number of hydrogen-bond acceptors (Lipinski definition) is 7. The average molecular weight is 439 g/mol. The summed E-state index contributed by atoms with van der Waals surface area (Å²) in [5, 5.41) is 13.2. The number of amides is 1. The fourth-order valence-electron chi connectivity index (χ4n) is 3.40. The summed E-state index contributed by atoms with van der Waals surface area (Å²) >= 11 is 1.31. The highest BCUT2D eigenvalue weighted by Gasteiger charge is 2.22. The van der Waals surface area contributed by atoms with Gasteiger partial charge in [-0.25, -0.2) is 4.98 Å². The van der Waals surface area contributed by atoms with Crippen molar-refractivity contribution >= 4 is 40.0 Å². The Bertz CT molecular complexity index is 1150. The quantitative estimate of drug-likeness (QED) is 0.290. The minimum absolute atomic E-state index is 0.0484. The molecule has 9 heteroatoms. The molecule has 0 saturated carbocycles. The number of aryl methyl sites for hydroxylation is 3. The number of rotatable bonds is 7. The first-order chi connectivity index (χ1) is 14.7. The molecule has 8 nitrogen and oxygen atoms in total. The van der Waals surface area contributed by atoms with Crippen molar-refractivity contribution in [3.63, 3.8) is 0 Å². The maximum atomic E-state index is 12.5. The van der Waals surface area contributed by atoms with Gasteiger partial charge in [0.2, 0.25) is 5.91 Å². The van der Waals surface area contributed by atoms with Crippen LogP contribution < -0.4 is 9.64 Å². The molecule has 0 unspecified atom stereocenters. The van der Waals surface area contributed by atoms with Crippen LogP contribution in [0.1, 0.15) is 39.7 Å². The van der Waals surface area contributed by atoms with Gasteiger partial charge >= 0.3 is 0 Å². The van der Waals surface area contributed by atoms with Gasteiger partial charge in [-0.05, 0) is 38.0 Å². The van der Waals surface area contributed by atoms with Crippen molar-refractivity contribution in [1.82, 2.24) is 4.98 Å². The maximum absolute atomic E-state index is 12.5. The minimum Gasteiger partial charge on any atom is -0.487 e. The van der Waals surface area contributed by atoms with Crippen LogP contribution in [0.5, 0.6) is 5.75 Å². The number of non-ortho nitro benzene ring substituents is 1. The number of hydrogen-bond donors (Lipinski definition) is 0. The third kappa shape index (κ3) is 4.77. The molecular weight excluding hydrogens is 418 g/mol. The predicted octanol–water partition coefficient (Wildman–Crippen LogP) is 5.05. The zero-order valence-corrected chi connectivity index (χ0v) is 18.4. The number of nitro groups is 1. The molecule has 1 heterocycles. The zero-order valence-electron chi connectivity index (χ0n) is 17.5. The van der Waals surface area contributed by atoms with Gasteiger partial charge in [0, 0.05) is 24.4 Å². The molecule has 0 bridgehead atoms. The largest absolute Gasteiger partial charge is 0.487 e. The second-order valence-electron chi connectivity index (χ2n) is 7.11. The number of nitro benzene ring substituents is 1. The van der Waals surface area contributed by atoms with E-state index in [2.05, 4.69) is 4.98 Å². The molecule has 0 N–H and O–H groups in total. The lowest BCUT2D eigenvalue weighted by atomic mass is 10.0. The van der Waals surface area contributed by atoms with Crippen LogP contribution in [0.2, 0.25) is 0 Å². The smallest absolute Gasteiger partial charge is 0.270 e. The van der Waals surface area contributed by atoms with Crippen LogP contribution in [0, 0.1) is 30.9 Å². The Morgan fingerprint density at radius 1 is 1.23 bits per heavy atom. The van der Waals surface area contributed by atoms with Crippen molar-refractivity contribution in [2.75, 3.05) is 4.90 Å². The first-order valence-corrected chi connectivity index (χ1v) is 10.3. The summed E-state index contributed by atoms with van der Waals surface area (Å²) in [7, 11) is 0. The second kappa shape index (κ2) is 9.05. The number of carbonyl (C=O) groups excluding carboxylic acids is 2. The number of benzene rings is 2. The van der Waals surface area contributed by atoms with Crippen molar-refractivity contribution in [3.05, 3.63) is 73.8 Å². The van der Waals surface area contributed by atoms with E-state index in [1.165, 1.54) is 30.4 Å². The van der Waals surface area contributed by atoms with E-state index in [0.717, 1.165) is 28.4 Å². The second-order valence-corrected chi connectivity index (χ2v) is 7.95. The van der Waals surface area contributed by atoms with Gasteiger partial charge in [0.1, 0.15) is 12.4 Å². The monoisotopic (exact) mass is 439 g/mol. The third-order valence-electron chi connectivity index (χ3n) is 4.61. The Morgan fingerprint density at radius 2 is 1.90 bits per heavy atom. The summed E-state index contributed by atoms with van der Waals surface area (Å²) in [6.45, 7) is 7.46. The summed E-state index contributed by atoms with van der Waals surface area (Å²) in [6.07, 6.45) is 0.509. The molecule has 31 heavy (non-hydrogen) atoms. The molecule has 0 aliphatic heterocycles. The van der Waals surface area contributed by atoms with E-state index >= 15 is 0 Å². The summed E-state index contributed by atoms with van der Waals surface area (Å²) in [6, 6.07) is 7.86. The molecule has 1 aromatic heterocycles. The lowest BCUT2D eigenvalue weighted by Crippen LogP contribution is -2.24. The molecule has 3 rings (SSSR count). The molecule has 0 spiro atoms. The van der Waals surface area contributed by atoms with Crippen LogP contribution in [-0.4, -0.2) is 22.1 Å². The van der Waals surface area contributed by atoms with Crippen LogP contribution in [0.15, 0.2) is 35.7 Å². The van der Waals surface area contributed by atoms with Crippen LogP contribution in [0.4, 0.5) is 16.5 Å². The molecule has 3 aromatic rings. The number of aromatic nitrogens is 1. The SMILES string of the molecule is CC(=O)N(c1nc(COc2ccc([N+](=O)[O-])cc2C=O)cs1)c1c(C)cc(C)cc1C. The fourth-order valence-corrected chi connectivity index (χ4v) is 4.26. The number of aldehydes is 1. The molecule has 0 fully saturated rings. The van der Waals surface area contributed by atoms with E-state index in [9.17, 15) is 19.7 Å². The number of thiazole rings is 1. The summed E-state index contributed by atoms with van der Waals surface area (Å²) < 4.78 is 5.66. The fraction of sp³-hybridized carbons (Fsp3) is 0.227. The van der Waals surface area contributed by atoms with Crippen molar-refractivity contribution in [2.24, 2.45) is 0 Å². The highest BCUT2D eigenvalue weighted by Crippen LogP contribution is 2.35. The Morgan fingerprint density at radius 3 is 2.48 bits per heavy atom. The molecule has 0 atom stereocenters. The zero-order chi connectivity index (χ0) is 22.7. The summed E-state index contributed by atoms with van der Waals surface area (Å²) in [5.74, 6) is 0.0688. The molecule has 160 valence electrons. The minimum atomic E-state index is -0.575. The highest BCUT2D eigenvalue weighted by atomic mass is 32.1. The number of carbonyl (C=O) groups is 2. The summed E-state index contributed by atoms with van der Waals surface area (Å²) in [5.41, 5.74) is 4.34. The van der Waals surface area contributed by atoms with E-state index in [1.807, 2.05) is 32.9 Å². The Kier molecular flexibility index (Phi) is 6.45. The lowest BCUT2D eigenvalue weighted by Gasteiger charge is -2.23. The first-order valence-electron chi connectivity index (χ1n) is 9.40. The Labute approximate surface area is 183 Å². The standard InChI is InChI=1S/C22H21N3O5S/c1-13-7-14(2)21(15(3)8-13)24(16(4)27)22-23-18(12-31-22)11-30-20-6-5-19(25(28)29)9-17(20)10-26/h5-10,12H,11H2,1-4H3. The van der Waals surface area contributed by atoms with Gasteiger partial charge in [-0.15, -0.1) is 11.3 Å². The van der Waals surface area contributed by atoms with E-state index in [1.54, 1.807) is 10.3 Å². The molecule has 0 radical (unpaired) electrons. The molecule has 0 aliphatic carbocycles. The molecule has 1 amide bonds. The molecule has 2 aromatic carbocycles. The topological polar surface area (TPSA) is 103 Å². The normalized spacial score (nSPS) is 10.6. The van der Waals surface area contributed by atoms with Gasteiger partial charge in [0.25, 0.3) is 5.69 Å². The number of ether oxygens (including phenoxy) is 1. The third-order valence-corrected chi connectivity index (χ3v) is 5.49. The number of nitrogens with zero attached hydrogens (tertiary/aromatic N) is 3. The van der Waals surface area contributed by atoms with E-state index < -0.39 is 4.92 Å². The van der Waals surface area contributed by atoms with Crippen LogP contribution in [0.25, 0.3) is 0 Å². The van der Waals surface area contributed by atoms with Gasteiger partial charge in [0.05, 0.1) is 21.9 Å². The van der Waals surface area contributed by atoms with Crippen LogP contribution in [-0.2, 0) is 11.4 Å². The van der Waals surface area contributed by atoms with E-state index in [0.29, 0.717) is 17.1 Å². The molecular formula is C22H21N3O5S. The Balaban J connectivity index is 1.85. The van der Waals surface area contributed by atoms with E-state index in [-0.39, 0.29) is 29.5 Å². The number of anilines is 2. The van der Waals surface area contributed by atoms with Gasteiger partial charge in [-0.3, -0.25) is 24.6 Å². The van der Waals surface area contributed by atoms with Crippen LogP contribution in [0.3, 0.4) is 0 Å². The predicted molar refractivity (Wildman–Crippen MR) is 118 cm³/mol. The average Bonchev–Trinajstić information content (AvgIpc) is 3.16. The van der Waals surface area contributed by atoms with Crippen molar-refractivity contribution in [2.45, 2.75) is 34.3 Å².